The number of aryl methyl sites for hydroxylation is 1. The molecule has 0 radical (unpaired) electrons. The SMILES string of the molecule is COc1ccc(C(CC(=O)NC2CCc3ccccc3NC2=O)c2c(O)nc3ccccn3c2=O)cc1. The van der Waals surface area contributed by atoms with Gasteiger partial charge < -0.3 is 20.5 Å². The fourth-order valence-electron chi connectivity index (χ4n) is 4.71. The van der Waals surface area contributed by atoms with Crippen LogP contribution in [0, 0.1) is 0 Å². The van der Waals surface area contributed by atoms with Crippen molar-refractivity contribution >= 4 is 23.1 Å². The number of amides is 2. The van der Waals surface area contributed by atoms with Gasteiger partial charge in [-0.1, -0.05) is 36.4 Å². The zero-order chi connectivity index (χ0) is 25.9. The Morgan fingerprint density at radius 2 is 1.89 bits per heavy atom. The number of hydrogen-bond acceptors (Lipinski definition) is 6. The second-order valence-electron chi connectivity index (χ2n) is 8.92. The van der Waals surface area contributed by atoms with E-state index in [-0.39, 0.29) is 17.9 Å². The molecule has 188 valence electrons. The van der Waals surface area contributed by atoms with Gasteiger partial charge in [-0.2, -0.15) is 4.98 Å². The van der Waals surface area contributed by atoms with E-state index in [2.05, 4.69) is 15.6 Å². The zero-order valence-corrected chi connectivity index (χ0v) is 20.2. The van der Waals surface area contributed by atoms with Crippen molar-refractivity contribution in [1.82, 2.24) is 14.7 Å². The van der Waals surface area contributed by atoms with Crippen LogP contribution in [-0.2, 0) is 16.0 Å². The van der Waals surface area contributed by atoms with Gasteiger partial charge in [0.15, 0.2) is 0 Å². The summed E-state index contributed by atoms with van der Waals surface area (Å²) in [6.45, 7) is 0. The Morgan fingerprint density at radius 1 is 1.14 bits per heavy atom. The van der Waals surface area contributed by atoms with Gasteiger partial charge in [0.2, 0.25) is 17.7 Å². The predicted octanol–water partition coefficient (Wildman–Crippen LogP) is 3.00. The monoisotopic (exact) mass is 498 g/mol. The Morgan fingerprint density at radius 3 is 2.68 bits per heavy atom. The molecule has 1 aliphatic heterocycles. The van der Waals surface area contributed by atoms with Crippen LogP contribution in [0.5, 0.6) is 11.6 Å². The predicted molar refractivity (Wildman–Crippen MR) is 138 cm³/mol. The molecule has 2 aromatic carbocycles. The molecule has 0 saturated heterocycles. The van der Waals surface area contributed by atoms with Crippen LogP contribution in [0.4, 0.5) is 5.69 Å². The Balaban J connectivity index is 1.46. The first kappa shape index (κ1) is 24.1. The van der Waals surface area contributed by atoms with Crippen LogP contribution in [0.25, 0.3) is 5.65 Å². The number of para-hydroxylation sites is 1. The third kappa shape index (κ3) is 4.88. The van der Waals surface area contributed by atoms with Gasteiger partial charge in [-0.15, -0.1) is 0 Å². The number of fused-ring (bicyclic) bond motifs is 2. The van der Waals surface area contributed by atoms with Crippen LogP contribution in [0.15, 0.2) is 77.7 Å². The molecule has 0 fully saturated rings. The van der Waals surface area contributed by atoms with E-state index < -0.39 is 29.3 Å². The van der Waals surface area contributed by atoms with Crippen molar-refractivity contribution in [3.8, 4) is 11.6 Å². The highest BCUT2D eigenvalue weighted by Crippen LogP contribution is 2.32. The number of rotatable bonds is 6. The molecule has 0 saturated carbocycles. The Bertz CT molecular complexity index is 1530. The largest absolute Gasteiger partial charge is 0.497 e. The molecule has 4 aromatic rings. The van der Waals surface area contributed by atoms with Gasteiger partial charge in [-0.05, 0) is 54.3 Å². The van der Waals surface area contributed by atoms with Crippen LogP contribution >= 0.6 is 0 Å². The number of nitrogens with one attached hydrogen (secondary N) is 2. The minimum atomic E-state index is -0.811. The first-order valence-corrected chi connectivity index (χ1v) is 12.0. The average molecular weight is 499 g/mol. The van der Waals surface area contributed by atoms with Gasteiger partial charge in [-0.3, -0.25) is 18.8 Å². The van der Waals surface area contributed by atoms with Crippen molar-refractivity contribution in [2.24, 2.45) is 0 Å². The summed E-state index contributed by atoms with van der Waals surface area (Å²) in [5.74, 6) is -1.36. The molecule has 1 aliphatic rings. The van der Waals surface area contributed by atoms with Crippen LogP contribution < -0.4 is 20.9 Å². The highest BCUT2D eigenvalue weighted by molar-refractivity contribution is 5.98. The van der Waals surface area contributed by atoms with Gasteiger partial charge >= 0.3 is 0 Å². The van der Waals surface area contributed by atoms with E-state index in [9.17, 15) is 19.5 Å². The summed E-state index contributed by atoms with van der Waals surface area (Å²) < 4.78 is 6.57. The first-order valence-electron chi connectivity index (χ1n) is 12.0. The lowest BCUT2D eigenvalue weighted by atomic mass is 9.89. The van der Waals surface area contributed by atoms with Crippen LogP contribution in [-0.4, -0.2) is 39.5 Å². The molecular weight excluding hydrogens is 472 g/mol. The number of aromatic nitrogens is 2. The van der Waals surface area contributed by atoms with E-state index in [1.54, 1.807) is 55.8 Å². The molecule has 5 rings (SSSR count). The molecule has 2 aromatic heterocycles. The normalized spacial score (nSPS) is 15.8. The standard InChI is InChI=1S/C28H26N4O5/c1-37-19-12-9-17(10-13-19)20(25-27(35)31-23-8-4-5-15-32(23)28(25)36)16-24(33)29-22-14-11-18-6-2-3-7-21(18)30-26(22)34/h2-10,12-13,15,20,22,35H,11,14,16H2,1H3,(H,29,33)(H,30,34). The number of aromatic hydroxyl groups is 1. The van der Waals surface area contributed by atoms with Gasteiger partial charge in [0.25, 0.3) is 5.56 Å². The molecule has 9 heteroatoms. The maximum atomic E-state index is 13.4. The lowest BCUT2D eigenvalue weighted by molar-refractivity contribution is -0.126. The summed E-state index contributed by atoms with van der Waals surface area (Å²) in [4.78, 5) is 43.7. The molecule has 0 aliphatic carbocycles. The maximum absolute atomic E-state index is 13.4. The summed E-state index contributed by atoms with van der Waals surface area (Å²) in [7, 11) is 1.54. The van der Waals surface area contributed by atoms with E-state index in [4.69, 9.17) is 4.74 Å². The lowest BCUT2D eigenvalue weighted by Crippen LogP contribution is -2.43. The van der Waals surface area contributed by atoms with Crippen molar-refractivity contribution in [2.75, 3.05) is 12.4 Å². The summed E-state index contributed by atoms with van der Waals surface area (Å²) in [6, 6.07) is 18.7. The van der Waals surface area contributed by atoms with Crippen molar-refractivity contribution in [1.29, 1.82) is 0 Å². The highest BCUT2D eigenvalue weighted by atomic mass is 16.5. The fourth-order valence-corrected chi connectivity index (χ4v) is 4.71. The van der Waals surface area contributed by atoms with Gasteiger partial charge in [0, 0.05) is 24.2 Å². The Hall–Kier alpha value is -4.66. The molecule has 0 spiro atoms. The molecule has 0 bridgehead atoms. The van der Waals surface area contributed by atoms with E-state index >= 15 is 0 Å². The number of pyridine rings is 1. The first-order chi connectivity index (χ1) is 17.9. The average Bonchev–Trinajstić information content (AvgIpc) is 3.06. The van der Waals surface area contributed by atoms with Crippen molar-refractivity contribution in [3.63, 3.8) is 0 Å². The number of carbonyl (C=O) groups excluding carboxylic acids is 2. The molecule has 2 unspecified atom stereocenters. The number of ether oxygens (including phenoxy) is 1. The number of anilines is 1. The van der Waals surface area contributed by atoms with Crippen molar-refractivity contribution in [3.05, 3.63) is 100.0 Å². The molecule has 2 atom stereocenters. The fraction of sp³-hybridized carbons (Fsp3) is 0.214. The molecule has 3 N–H and O–H groups in total. The Kier molecular flexibility index (Phi) is 6.59. The quantitative estimate of drug-likeness (QED) is 0.376. The number of benzene rings is 2. The van der Waals surface area contributed by atoms with Gasteiger partial charge in [0.1, 0.15) is 17.4 Å². The second-order valence-corrected chi connectivity index (χ2v) is 8.92. The van der Waals surface area contributed by atoms with E-state index in [1.807, 2.05) is 24.3 Å². The number of hydrogen-bond donors (Lipinski definition) is 3. The van der Waals surface area contributed by atoms with E-state index in [1.165, 1.54) is 4.40 Å². The molecular formula is C28H26N4O5. The van der Waals surface area contributed by atoms with Crippen LogP contribution in [0.2, 0.25) is 0 Å². The molecule has 9 nitrogen and oxygen atoms in total. The van der Waals surface area contributed by atoms with Crippen LogP contribution in [0.1, 0.15) is 35.4 Å². The third-order valence-corrected chi connectivity index (χ3v) is 6.63. The van der Waals surface area contributed by atoms with E-state index in [0.29, 0.717) is 29.8 Å². The minimum absolute atomic E-state index is 0.00161. The highest BCUT2D eigenvalue weighted by Gasteiger charge is 2.30. The summed E-state index contributed by atoms with van der Waals surface area (Å²) >= 11 is 0. The Labute approximate surface area is 212 Å². The van der Waals surface area contributed by atoms with Crippen molar-refractivity contribution < 1.29 is 19.4 Å². The molecule has 37 heavy (non-hydrogen) atoms. The lowest BCUT2D eigenvalue weighted by Gasteiger charge is -2.21. The number of nitrogens with zero attached hydrogens (tertiary/aromatic N) is 2. The maximum Gasteiger partial charge on any atom is 0.265 e. The third-order valence-electron chi connectivity index (χ3n) is 6.63. The molecule has 2 amide bonds. The van der Waals surface area contributed by atoms with Crippen LogP contribution in [0.3, 0.4) is 0 Å². The number of methoxy groups -OCH3 is 1. The summed E-state index contributed by atoms with van der Waals surface area (Å²) in [5, 5.41) is 16.5. The second kappa shape index (κ2) is 10.1. The minimum Gasteiger partial charge on any atom is -0.497 e. The van der Waals surface area contributed by atoms with E-state index in [0.717, 1.165) is 11.3 Å². The molecule has 3 heterocycles. The zero-order valence-electron chi connectivity index (χ0n) is 20.2. The smallest absolute Gasteiger partial charge is 0.265 e. The number of carbonyl (C=O) groups is 2. The van der Waals surface area contributed by atoms with Crippen molar-refractivity contribution in [2.45, 2.75) is 31.2 Å². The topological polar surface area (TPSA) is 122 Å². The van der Waals surface area contributed by atoms with Gasteiger partial charge in [-0.25, -0.2) is 0 Å². The van der Waals surface area contributed by atoms with Gasteiger partial charge in [0.05, 0.1) is 12.7 Å². The summed E-state index contributed by atoms with van der Waals surface area (Å²) in [6.07, 6.45) is 2.45. The summed E-state index contributed by atoms with van der Waals surface area (Å²) in [5.41, 5.74) is 2.19.